The lowest BCUT2D eigenvalue weighted by Crippen LogP contribution is -2.45. The van der Waals surface area contributed by atoms with Crippen molar-refractivity contribution in [2.45, 2.75) is 52.9 Å². The van der Waals surface area contributed by atoms with Gasteiger partial charge in [0.2, 0.25) is 5.91 Å². The van der Waals surface area contributed by atoms with Gasteiger partial charge in [-0.15, -0.1) is 0 Å². The Bertz CT molecular complexity index is 526. The Morgan fingerprint density at radius 2 is 2.08 bits per heavy atom. The third-order valence-corrected chi connectivity index (χ3v) is 5.11. The molecule has 25 heavy (non-hydrogen) atoms. The van der Waals surface area contributed by atoms with Crippen LogP contribution in [0.4, 0.5) is 5.82 Å². The van der Waals surface area contributed by atoms with Gasteiger partial charge in [-0.05, 0) is 43.6 Å². The summed E-state index contributed by atoms with van der Waals surface area (Å²) in [7, 11) is 0. The molecule has 6 heteroatoms. The Hall–Kier alpha value is -1.27. The van der Waals surface area contributed by atoms with Crippen LogP contribution in [0.25, 0.3) is 0 Å². The highest BCUT2D eigenvalue weighted by Gasteiger charge is 2.22. The molecule has 0 saturated carbocycles. The molecule has 1 N–H and O–H groups in total. The van der Waals surface area contributed by atoms with Crippen molar-refractivity contribution in [1.82, 2.24) is 10.3 Å². The molecule has 0 spiro atoms. The van der Waals surface area contributed by atoms with E-state index in [4.69, 9.17) is 4.74 Å². The van der Waals surface area contributed by atoms with Gasteiger partial charge >= 0.3 is 0 Å². The number of carbonyl (C=O) groups is 1. The van der Waals surface area contributed by atoms with Crippen molar-refractivity contribution in [1.29, 1.82) is 0 Å². The fourth-order valence-electron chi connectivity index (χ4n) is 2.81. The van der Waals surface area contributed by atoms with Crippen molar-refractivity contribution in [2.24, 2.45) is 5.92 Å². The number of anilines is 1. The third kappa shape index (κ3) is 7.24. The van der Waals surface area contributed by atoms with Gasteiger partial charge in [-0.25, -0.2) is 4.98 Å². The van der Waals surface area contributed by atoms with E-state index in [9.17, 15) is 4.79 Å². The first-order valence-electron chi connectivity index (χ1n) is 9.13. The third-order valence-electron chi connectivity index (χ3n) is 4.12. The summed E-state index contributed by atoms with van der Waals surface area (Å²) in [5.74, 6) is 3.33. The number of carbonyl (C=O) groups excluding carboxylic acids is 1. The number of morpholine rings is 1. The molecule has 1 amide bonds. The van der Waals surface area contributed by atoms with Crippen molar-refractivity contribution in [3.63, 3.8) is 0 Å². The number of ether oxygens (including phenoxy) is 1. The molecular weight excluding hydrogens is 334 g/mol. The van der Waals surface area contributed by atoms with Gasteiger partial charge in [0.1, 0.15) is 5.82 Å². The SMILES string of the molecule is CC(C)CCSCC(=O)NCc1ccc(N2CC(C)OC(C)C2)nc1. The molecule has 1 aliphatic rings. The van der Waals surface area contributed by atoms with Crippen LogP contribution in [0.3, 0.4) is 0 Å². The smallest absolute Gasteiger partial charge is 0.230 e. The van der Waals surface area contributed by atoms with Crippen molar-refractivity contribution in [3.8, 4) is 0 Å². The summed E-state index contributed by atoms with van der Waals surface area (Å²) >= 11 is 1.70. The van der Waals surface area contributed by atoms with Crippen LogP contribution < -0.4 is 10.2 Å². The average Bonchev–Trinajstić information content (AvgIpc) is 2.56. The van der Waals surface area contributed by atoms with Crippen LogP contribution in [0.5, 0.6) is 0 Å². The molecule has 2 rings (SSSR count). The largest absolute Gasteiger partial charge is 0.372 e. The van der Waals surface area contributed by atoms with Crippen molar-refractivity contribution in [2.75, 3.05) is 29.5 Å². The second-order valence-corrected chi connectivity index (χ2v) is 8.30. The number of aromatic nitrogens is 1. The van der Waals surface area contributed by atoms with Gasteiger partial charge < -0.3 is 15.0 Å². The summed E-state index contributed by atoms with van der Waals surface area (Å²) in [6.07, 6.45) is 3.45. The van der Waals surface area contributed by atoms with E-state index in [1.165, 1.54) is 0 Å². The predicted molar refractivity (Wildman–Crippen MR) is 105 cm³/mol. The zero-order valence-corrected chi connectivity index (χ0v) is 16.6. The molecule has 5 nitrogen and oxygen atoms in total. The first-order valence-corrected chi connectivity index (χ1v) is 10.3. The highest BCUT2D eigenvalue weighted by atomic mass is 32.2. The second-order valence-electron chi connectivity index (χ2n) is 7.20. The lowest BCUT2D eigenvalue weighted by Gasteiger charge is -2.36. The Morgan fingerprint density at radius 1 is 1.36 bits per heavy atom. The summed E-state index contributed by atoms with van der Waals surface area (Å²) in [6.45, 7) is 10.8. The van der Waals surface area contributed by atoms with Gasteiger partial charge in [0, 0.05) is 25.8 Å². The van der Waals surface area contributed by atoms with Crippen LogP contribution in [0.15, 0.2) is 18.3 Å². The van der Waals surface area contributed by atoms with E-state index in [0.29, 0.717) is 18.2 Å². The fraction of sp³-hybridized carbons (Fsp3) is 0.684. The average molecular weight is 366 g/mol. The molecule has 2 heterocycles. The van der Waals surface area contributed by atoms with E-state index in [1.807, 2.05) is 18.3 Å². The zero-order chi connectivity index (χ0) is 18.2. The van der Waals surface area contributed by atoms with Crippen LogP contribution in [-0.2, 0) is 16.1 Å². The minimum atomic E-state index is 0.0914. The van der Waals surface area contributed by atoms with E-state index < -0.39 is 0 Å². The Morgan fingerprint density at radius 3 is 2.68 bits per heavy atom. The van der Waals surface area contributed by atoms with Gasteiger partial charge in [0.05, 0.1) is 18.0 Å². The maximum Gasteiger partial charge on any atom is 0.230 e. The molecule has 0 radical (unpaired) electrons. The Balaban J connectivity index is 1.74. The predicted octanol–water partition coefficient (Wildman–Crippen LogP) is 3.09. The van der Waals surface area contributed by atoms with Crippen LogP contribution in [0.1, 0.15) is 39.7 Å². The monoisotopic (exact) mass is 365 g/mol. The number of thioether (sulfide) groups is 1. The quantitative estimate of drug-likeness (QED) is 0.718. The van der Waals surface area contributed by atoms with Crippen molar-refractivity contribution >= 4 is 23.5 Å². The second kappa shape index (κ2) is 10.0. The number of amides is 1. The normalized spacial score (nSPS) is 20.8. The zero-order valence-electron chi connectivity index (χ0n) is 15.8. The highest BCUT2D eigenvalue weighted by molar-refractivity contribution is 7.99. The summed E-state index contributed by atoms with van der Waals surface area (Å²) in [4.78, 5) is 18.7. The standard InChI is InChI=1S/C19H31N3O2S/c1-14(2)7-8-25-13-19(23)21-10-17-5-6-18(20-9-17)22-11-15(3)24-16(4)12-22/h5-6,9,14-16H,7-8,10-13H2,1-4H3,(H,21,23). The van der Waals surface area contributed by atoms with Gasteiger partial charge in [-0.3, -0.25) is 4.79 Å². The topological polar surface area (TPSA) is 54.5 Å². The van der Waals surface area contributed by atoms with Crippen molar-refractivity contribution in [3.05, 3.63) is 23.9 Å². The van der Waals surface area contributed by atoms with Gasteiger partial charge in [0.15, 0.2) is 0 Å². The van der Waals surface area contributed by atoms with Crippen molar-refractivity contribution < 1.29 is 9.53 Å². The van der Waals surface area contributed by atoms with Gasteiger partial charge in [-0.2, -0.15) is 11.8 Å². The summed E-state index contributed by atoms with van der Waals surface area (Å²) in [5.41, 5.74) is 1.03. The first-order chi connectivity index (χ1) is 11.9. The molecule has 140 valence electrons. The fourth-order valence-corrected chi connectivity index (χ4v) is 3.88. The lowest BCUT2D eigenvalue weighted by atomic mass is 10.2. The Kier molecular flexibility index (Phi) is 8.03. The summed E-state index contributed by atoms with van der Waals surface area (Å²) in [5, 5.41) is 2.97. The molecule has 1 aliphatic heterocycles. The number of hydrogen-bond acceptors (Lipinski definition) is 5. The molecule has 1 aromatic heterocycles. The van der Waals surface area contributed by atoms with E-state index in [-0.39, 0.29) is 18.1 Å². The molecule has 1 aromatic rings. The van der Waals surface area contributed by atoms with Crippen LogP contribution in [0, 0.1) is 5.92 Å². The Labute approximate surface area is 155 Å². The van der Waals surface area contributed by atoms with Crippen LogP contribution in [0.2, 0.25) is 0 Å². The molecule has 2 atom stereocenters. The van der Waals surface area contributed by atoms with Crippen LogP contribution in [-0.4, -0.2) is 47.7 Å². The minimum absolute atomic E-state index is 0.0914. The summed E-state index contributed by atoms with van der Waals surface area (Å²) in [6, 6.07) is 4.07. The molecule has 0 bridgehead atoms. The summed E-state index contributed by atoms with van der Waals surface area (Å²) < 4.78 is 5.76. The van der Waals surface area contributed by atoms with E-state index in [1.54, 1.807) is 11.8 Å². The van der Waals surface area contributed by atoms with Gasteiger partial charge in [0.25, 0.3) is 0 Å². The number of rotatable bonds is 8. The molecule has 0 aromatic carbocycles. The number of hydrogen-bond donors (Lipinski definition) is 1. The van der Waals surface area contributed by atoms with E-state index in [2.05, 4.69) is 42.9 Å². The number of nitrogens with one attached hydrogen (secondary N) is 1. The van der Waals surface area contributed by atoms with Crippen LogP contribution >= 0.6 is 11.8 Å². The highest BCUT2D eigenvalue weighted by Crippen LogP contribution is 2.18. The molecule has 2 unspecified atom stereocenters. The van der Waals surface area contributed by atoms with Gasteiger partial charge in [-0.1, -0.05) is 19.9 Å². The molecule has 0 aliphatic carbocycles. The minimum Gasteiger partial charge on any atom is -0.372 e. The molecule has 1 fully saturated rings. The molecular formula is C19H31N3O2S. The first kappa shape index (κ1) is 20.0. The number of pyridine rings is 1. The maximum atomic E-state index is 11.9. The lowest BCUT2D eigenvalue weighted by molar-refractivity contribution is -0.118. The maximum absolute atomic E-state index is 11.9. The van der Waals surface area contributed by atoms with E-state index in [0.717, 1.165) is 36.6 Å². The molecule has 1 saturated heterocycles. The number of nitrogens with zero attached hydrogens (tertiary/aromatic N) is 2. The van der Waals surface area contributed by atoms with E-state index >= 15 is 0 Å².